The third-order valence-corrected chi connectivity index (χ3v) is 4.06. The molecule has 1 aliphatic rings. The predicted octanol–water partition coefficient (Wildman–Crippen LogP) is 1.57. The molecule has 0 saturated carbocycles. The predicted molar refractivity (Wildman–Crippen MR) is 93.7 cm³/mol. The lowest BCUT2D eigenvalue weighted by molar-refractivity contribution is -0.128. The second-order valence-corrected chi connectivity index (χ2v) is 5.84. The highest BCUT2D eigenvalue weighted by Gasteiger charge is 2.32. The van der Waals surface area contributed by atoms with Crippen molar-refractivity contribution in [1.29, 1.82) is 0 Å². The van der Waals surface area contributed by atoms with Crippen molar-refractivity contribution in [1.82, 2.24) is 10.2 Å². The van der Waals surface area contributed by atoms with E-state index in [4.69, 9.17) is 14.3 Å². The van der Waals surface area contributed by atoms with E-state index in [0.717, 1.165) is 5.76 Å². The largest absolute Gasteiger partial charge is 0.486 e. The van der Waals surface area contributed by atoms with Gasteiger partial charge < -0.3 is 29.8 Å². The highest BCUT2D eigenvalue weighted by molar-refractivity contribution is 5.94. The SMILES string of the molecule is O=C1NCCN(C(=O)Nc2ccc(OCc3ccco3)cc2)[C@H]1CCO. The van der Waals surface area contributed by atoms with Crippen LogP contribution in [0.15, 0.2) is 47.1 Å². The lowest BCUT2D eigenvalue weighted by atomic mass is 10.1. The minimum atomic E-state index is -0.662. The molecule has 3 rings (SSSR count). The number of piperazine rings is 1. The van der Waals surface area contributed by atoms with Crippen molar-refractivity contribution in [2.24, 2.45) is 0 Å². The summed E-state index contributed by atoms with van der Waals surface area (Å²) in [4.78, 5) is 25.8. The van der Waals surface area contributed by atoms with E-state index in [9.17, 15) is 9.59 Å². The highest BCUT2D eigenvalue weighted by Crippen LogP contribution is 2.18. The van der Waals surface area contributed by atoms with Crippen molar-refractivity contribution in [3.05, 3.63) is 48.4 Å². The van der Waals surface area contributed by atoms with Crippen LogP contribution in [0.2, 0.25) is 0 Å². The quantitative estimate of drug-likeness (QED) is 0.726. The van der Waals surface area contributed by atoms with Crippen molar-refractivity contribution < 1.29 is 23.8 Å². The van der Waals surface area contributed by atoms with Crippen LogP contribution in [0.25, 0.3) is 0 Å². The first-order chi connectivity index (χ1) is 12.7. The average molecular weight is 359 g/mol. The smallest absolute Gasteiger partial charge is 0.322 e. The van der Waals surface area contributed by atoms with E-state index in [2.05, 4.69) is 10.6 Å². The summed E-state index contributed by atoms with van der Waals surface area (Å²) in [6.45, 7) is 0.953. The highest BCUT2D eigenvalue weighted by atomic mass is 16.5. The molecule has 1 aliphatic heterocycles. The Hall–Kier alpha value is -3.00. The summed E-state index contributed by atoms with van der Waals surface area (Å²) in [6, 6.07) is 9.52. The number of hydrogen-bond acceptors (Lipinski definition) is 5. The summed E-state index contributed by atoms with van der Waals surface area (Å²) < 4.78 is 10.8. The number of nitrogens with zero attached hydrogens (tertiary/aromatic N) is 1. The average Bonchev–Trinajstić information content (AvgIpc) is 3.16. The summed E-state index contributed by atoms with van der Waals surface area (Å²) in [5.41, 5.74) is 0.592. The monoisotopic (exact) mass is 359 g/mol. The Labute approximate surface area is 150 Å². The van der Waals surface area contributed by atoms with E-state index in [1.807, 2.05) is 6.07 Å². The Kier molecular flexibility index (Phi) is 5.75. The number of urea groups is 1. The van der Waals surface area contributed by atoms with Gasteiger partial charge in [0.1, 0.15) is 24.2 Å². The Morgan fingerprint density at radius 3 is 2.85 bits per heavy atom. The Morgan fingerprint density at radius 1 is 1.35 bits per heavy atom. The fraction of sp³-hybridized carbons (Fsp3) is 0.333. The summed E-state index contributed by atoms with van der Waals surface area (Å²) in [6.07, 6.45) is 1.79. The van der Waals surface area contributed by atoms with Crippen LogP contribution in [0.3, 0.4) is 0 Å². The normalized spacial score (nSPS) is 16.9. The topological polar surface area (TPSA) is 104 Å². The number of ether oxygens (including phenoxy) is 1. The van der Waals surface area contributed by atoms with E-state index in [-0.39, 0.29) is 25.0 Å². The van der Waals surface area contributed by atoms with Crippen molar-refractivity contribution in [2.75, 3.05) is 25.0 Å². The summed E-state index contributed by atoms with van der Waals surface area (Å²) in [7, 11) is 0. The molecule has 0 unspecified atom stereocenters. The lowest BCUT2D eigenvalue weighted by Gasteiger charge is -2.34. The van der Waals surface area contributed by atoms with Crippen molar-refractivity contribution in [3.8, 4) is 5.75 Å². The number of anilines is 1. The van der Waals surface area contributed by atoms with Gasteiger partial charge in [0.2, 0.25) is 5.91 Å². The van der Waals surface area contributed by atoms with Gasteiger partial charge in [0, 0.05) is 25.4 Å². The molecule has 1 fully saturated rings. The number of nitrogens with one attached hydrogen (secondary N) is 2. The Morgan fingerprint density at radius 2 is 2.15 bits per heavy atom. The maximum absolute atomic E-state index is 12.5. The van der Waals surface area contributed by atoms with Gasteiger partial charge in [0.05, 0.1) is 6.26 Å². The minimum Gasteiger partial charge on any atom is -0.486 e. The third-order valence-electron chi connectivity index (χ3n) is 4.06. The maximum Gasteiger partial charge on any atom is 0.322 e. The van der Waals surface area contributed by atoms with Crippen molar-refractivity contribution >= 4 is 17.6 Å². The maximum atomic E-state index is 12.5. The number of rotatable bonds is 6. The van der Waals surface area contributed by atoms with Gasteiger partial charge in [-0.3, -0.25) is 4.79 Å². The van der Waals surface area contributed by atoms with Crippen LogP contribution >= 0.6 is 0 Å². The standard InChI is InChI=1S/C18H21N3O5/c22-10-7-16-17(23)19-8-9-21(16)18(24)20-13-3-5-14(6-4-13)26-12-15-2-1-11-25-15/h1-6,11,16,22H,7-10,12H2,(H,19,23)(H,20,24)/t16-/m0/s1. The molecule has 0 spiro atoms. The molecule has 2 aromatic rings. The van der Waals surface area contributed by atoms with Crippen LogP contribution in [0.5, 0.6) is 5.75 Å². The molecule has 1 atom stereocenters. The van der Waals surface area contributed by atoms with E-state index >= 15 is 0 Å². The van der Waals surface area contributed by atoms with Gasteiger partial charge in [-0.15, -0.1) is 0 Å². The third kappa shape index (κ3) is 4.34. The van der Waals surface area contributed by atoms with Crippen molar-refractivity contribution in [2.45, 2.75) is 19.1 Å². The fourth-order valence-electron chi connectivity index (χ4n) is 2.75. The zero-order chi connectivity index (χ0) is 18.4. The van der Waals surface area contributed by atoms with Crippen LogP contribution < -0.4 is 15.4 Å². The summed E-state index contributed by atoms with van der Waals surface area (Å²) >= 11 is 0. The molecule has 1 aromatic carbocycles. The van der Waals surface area contributed by atoms with Gasteiger partial charge in [-0.05, 0) is 42.8 Å². The molecule has 3 N–H and O–H groups in total. The molecule has 138 valence electrons. The van der Waals surface area contributed by atoms with Crippen LogP contribution in [0.1, 0.15) is 12.2 Å². The zero-order valence-corrected chi connectivity index (χ0v) is 14.2. The first-order valence-electron chi connectivity index (χ1n) is 8.39. The zero-order valence-electron chi connectivity index (χ0n) is 14.2. The molecule has 2 heterocycles. The fourth-order valence-corrected chi connectivity index (χ4v) is 2.75. The second kappa shape index (κ2) is 8.39. The molecular weight excluding hydrogens is 338 g/mol. The van der Waals surface area contributed by atoms with Gasteiger partial charge >= 0.3 is 6.03 Å². The molecular formula is C18H21N3O5. The van der Waals surface area contributed by atoms with Crippen LogP contribution in [-0.2, 0) is 11.4 Å². The molecule has 0 aliphatic carbocycles. The first kappa shape index (κ1) is 17.8. The van der Waals surface area contributed by atoms with Gasteiger partial charge in [-0.25, -0.2) is 4.79 Å². The Bertz CT molecular complexity index is 730. The first-order valence-corrected chi connectivity index (χ1v) is 8.39. The van der Waals surface area contributed by atoms with E-state index < -0.39 is 6.04 Å². The van der Waals surface area contributed by atoms with Gasteiger partial charge in [-0.2, -0.15) is 0 Å². The van der Waals surface area contributed by atoms with E-state index in [1.54, 1.807) is 36.6 Å². The molecule has 0 bridgehead atoms. The second-order valence-electron chi connectivity index (χ2n) is 5.84. The van der Waals surface area contributed by atoms with Crippen LogP contribution in [-0.4, -0.2) is 47.7 Å². The number of aliphatic hydroxyl groups excluding tert-OH is 1. The molecule has 26 heavy (non-hydrogen) atoms. The number of carbonyl (C=O) groups is 2. The van der Waals surface area contributed by atoms with Gasteiger partial charge in [0.15, 0.2) is 0 Å². The number of aliphatic hydroxyl groups is 1. The molecule has 8 nitrogen and oxygen atoms in total. The van der Waals surface area contributed by atoms with Gasteiger partial charge in [0.25, 0.3) is 0 Å². The van der Waals surface area contributed by atoms with Crippen molar-refractivity contribution in [3.63, 3.8) is 0 Å². The number of hydrogen-bond donors (Lipinski definition) is 3. The van der Waals surface area contributed by atoms with Crippen LogP contribution in [0, 0.1) is 0 Å². The summed E-state index contributed by atoms with van der Waals surface area (Å²) in [5, 5.41) is 14.6. The summed E-state index contributed by atoms with van der Waals surface area (Å²) in [5.74, 6) is 1.12. The molecule has 1 aromatic heterocycles. The molecule has 3 amide bonds. The minimum absolute atomic E-state index is 0.163. The molecule has 1 saturated heterocycles. The van der Waals surface area contributed by atoms with E-state index in [0.29, 0.717) is 31.1 Å². The number of furan rings is 1. The number of benzene rings is 1. The van der Waals surface area contributed by atoms with Crippen LogP contribution in [0.4, 0.5) is 10.5 Å². The number of carbonyl (C=O) groups excluding carboxylic acids is 2. The Balaban J connectivity index is 1.57. The number of amides is 3. The van der Waals surface area contributed by atoms with Gasteiger partial charge in [-0.1, -0.05) is 0 Å². The molecule has 8 heteroatoms. The molecule has 0 radical (unpaired) electrons. The van der Waals surface area contributed by atoms with E-state index in [1.165, 1.54) is 4.90 Å². The lowest BCUT2D eigenvalue weighted by Crippen LogP contribution is -2.58.